The quantitative estimate of drug-likeness (QED) is 0.574. The lowest BCUT2D eigenvalue weighted by Crippen LogP contribution is -2.48. The van der Waals surface area contributed by atoms with E-state index in [0.717, 1.165) is 52.6 Å². The number of halogens is 2. The van der Waals surface area contributed by atoms with Gasteiger partial charge in [-0.05, 0) is 0 Å². The van der Waals surface area contributed by atoms with Gasteiger partial charge in [-0.3, -0.25) is 9.80 Å². The third kappa shape index (κ3) is 7.46. The van der Waals surface area contributed by atoms with Gasteiger partial charge in [0.25, 0.3) is 0 Å². The molecule has 0 radical (unpaired) electrons. The Morgan fingerprint density at radius 2 is 1.46 bits per heavy atom. The molecule has 0 spiro atoms. The Morgan fingerprint density at radius 3 is 1.92 bits per heavy atom. The van der Waals surface area contributed by atoms with Crippen molar-refractivity contribution in [2.75, 3.05) is 78.9 Å². The Labute approximate surface area is 166 Å². The van der Waals surface area contributed by atoms with Crippen LogP contribution in [-0.2, 0) is 28.5 Å². The van der Waals surface area contributed by atoms with Crippen molar-refractivity contribution in [2.45, 2.75) is 6.10 Å². The maximum Gasteiger partial charge on any atom is 0.377 e. The predicted octanol–water partition coefficient (Wildman–Crippen LogP) is 0.294. The molecule has 0 aromatic heterocycles. The largest absolute Gasteiger partial charge is 0.493 e. The summed E-state index contributed by atoms with van der Waals surface area (Å²) in [5, 5.41) is 0. The molecule has 0 saturated carbocycles. The lowest BCUT2D eigenvalue weighted by atomic mass is 10.2. The molecule has 8 nitrogen and oxygen atoms in total. The van der Waals surface area contributed by atoms with Crippen LogP contribution < -0.4 is 0 Å². The molecule has 2 saturated heterocycles. The number of morpholine rings is 2. The molecule has 0 aliphatic carbocycles. The van der Waals surface area contributed by atoms with Crippen molar-refractivity contribution in [3.63, 3.8) is 0 Å². The molecule has 3 aliphatic heterocycles. The fraction of sp³-hybridized carbons (Fsp3) is 0.812. The van der Waals surface area contributed by atoms with Crippen LogP contribution in [0.5, 0.6) is 0 Å². The van der Waals surface area contributed by atoms with E-state index in [9.17, 15) is 4.79 Å². The zero-order valence-electron chi connectivity index (χ0n) is 14.8. The lowest BCUT2D eigenvalue weighted by molar-refractivity contribution is -0.153. The molecule has 0 aromatic carbocycles. The molecule has 3 heterocycles. The van der Waals surface area contributed by atoms with Crippen molar-refractivity contribution >= 4 is 30.8 Å². The van der Waals surface area contributed by atoms with Crippen LogP contribution in [0.25, 0.3) is 0 Å². The molecular weight excluding hydrogens is 387 g/mol. The molecule has 0 N–H and O–H groups in total. The van der Waals surface area contributed by atoms with Crippen molar-refractivity contribution in [3.8, 4) is 0 Å². The van der Waals surface area contributed by atoms with Gasteiger partial charge in [-0.2, -0.15) is 0 Å². The van der Waals surface area contributed by atoms with Gasteiger partial charge in [0.1, 0.15) is 25.6 Å². The van der Waals surface area contributed by atoms with Crippen LogP contribution in [0.2, 0.25) is 0 Å². The maximum absolute atomic E-state index is 12.3. The third-order valence-corrected chi connectivity index (χ3v) is 4.26. The number of nitrogens with zero attached hydrogens (tertiary/aromatic N) is 2. The average molecular weight is 415 g/mol. The van der Waals surface area contributed by atoms with E-state index in [1.54, 1.807) is 0 Å². The number of hydrogen-bond donors (Lipinski definition) is 0. The summed E-state index contributed by atoms with van der Waals surface area (Å²) in [7, 11) is 0. The van der Waals surface area contributed by atoms with E-state index in [-0.39, 0.29) is 36.7 Å². The molecule has 0 atom stereocenters. The first-order valence-electron chi connectivity index (χ1n) is 8.57. The van der Waals surface area contributed by atoms with Crippen LogP contribution in [0.15, 0.2) is 12.0 Å². The van der Waals surface area contributed by atoms with Crippen molar-refractivity contribution in [2.24, 2.45) is 0 Å². The minimum absolute atomic E-state index is 0. The first kappa shape index (κ1) is 23.3. The van der Waals surface area contributed by atoms with E-state index in [0.29, 0.717) is 26.3 Å². The average Bonchev–Trinajstić information content (AvgIpc) is 2.64. The molecule has 2 fully saturated rings. The highest BCUT2D eigenvalue weighted by atomic mass is 35.5. The molecule has 10 heteroatoms. The minimum Gasteiger partial charge on any atom is -0.493 e. The fourth-order valence-corrected chi connectivity index (χ4v) is 2.96. The van der Waals surface area contributed by atoms with E-state index >= 15 is 0 Å². The summed E-state index contributed by atoms with van der Waals surface area (Å²) in [6.45, 7) is 8.56. The highest BCUT2D eigenvalue weighted by Gasteiger charge is 2.26. The number of rotatable bonds is 6. The van der Waals surface area contributed by atoms with E-state index in [4.69, 9.17) is 23.7 Å². The number of ether oxygens (including phenoxy) is 5. The summed E-state index contributed by atoms with van der Waals surface area (Å²) >= 11 is 0. The molecular formula is C16H28Cl2N2O6. The molecule has 0 amide bonds. The molecule has 26 heavy (non-hydrogen) atoms. The van der Waals surface area contributed by atoms with Crippen LogP contribution in [-0.4, -0.2) is 101 Å². The second-order valence-corrected chi connectivity index (χ2v) is 6.05. The molecule has 3 rings (SSSR count). The molecule has 152 valence electrons. The summed E-state index contributed by atoms with van der Waals surface area (Å²) < 4.78 is 26.9. The third-order valence-electron chi connectivity index (χ3n) is 4.26. The number of carbonyl (C=O) groups excluding carboxylic acids is 1. The summed E-state index contributed by atoms with van der Waals surface area (Å²) in [6.07, 6.45) is 1.12. The van der Waals surface area contributed by atoms with E-state index in [2.05, 4.69) is 9.80 Å². The predicted molar refractivity (Wildman–Crippen MR) is 98.9 cm³/mol. The second kappa shape index (κ2) is 12.6. The number of esters is 1. The van der Waals surface area contributed by atoms with Gasteiger partial charge in [0.15, 0.2) is 0 Å². The summed E-state index contributed by atoms with van der Waals surface area (Å²) in [6, 6.07) is 0. The van der Waals surface area contributed by atoms with Gasteiger partial charge in [0, 0.05) is 39.3 Å². The molecule has 3 aliphatic rings. The maximum atomic E-state index is 12.3. The first-order chi connectivity index (χ1) is 11.8. The van der Waals surface area contributed by atoms with Gasteiger partial charge in [0.2, 0.25) is 5.76 Å². The van der Waals surface area contributed by atoms with Crippen molar-refractivity contribution in [3.05, 3.63) is 12.0 Å². The fourth-order valence-electron chi connectivity index (χ4n) is 2.96. The van der Waals surface area contributed by atoms with Crippen LogP contribution in [0.4, 0.5) is 0 Å². The molecule has 0 unspecified atom stereocenters. The van der Waals surface area contributed by atoms with E-state index in [1.807, 2.05) is 0 Å². The van der Waals surface area contributed by atoms with Gasteiger partial charge >= 0.3 is 5.97 Å². The summed E-state index contributed by atoms with van der Waals surface area (Å²) in [5.74, 6) is -0.309. The Bertz CT molecular complexity index is 422. The number of hydrogen-bond acceptors (Lipinski definition) is 8. The van der Waals surface area contributed by atoms with Crippen molar-refractivity contribution < 1.29 is 28.5 Å². The van der Waals surface area contributed by atoms with Crippen LogP contribution in [0.3, 0.4) is 0 Å². The van der Waals surface area contributed by atoms with Crippen molar-refractivity contribution in [1.82, 2.24) is 9.80 Å². The Hall–Kier alpha value is -0.770. The Morgan fingerprint density at radius 1 is 0.923 bits per heavy atom. The summed E-state index contributed by atoms with van der Waals surface area (Å²) in [4.78, 5) is 16.9. The first-order valence-corrected chi connectivity index (χ1v) is 8.57. The second-order valence-electron chi connectivity index (χ2n) is 6.05. The zero-order valence-corrected chi connectivity index (χ0v) is 16.4. The number of carbonyl (C=O) groups is 1. The minimum atomic E-state index is -0.457. The topological polar surface area (TPSA) is 69.7 Å². The Balaban J connectivity index is 0.00000169. The Kier molecular flexibility index (Phi) is 11.3. The van der Waals surface area contributed by atoms with Crippen LogP contribution >= 0.6 is 24.8 Å². The van der Waals surface area contributed by atoms with Gasteiger partial charge in [-0.25, -0.2) is 4.79 Å². The van der Waals surface area contributed by atoms with Crippen LogP contribution in [0, 0.1) is 0 Å². The van der Waals surface area contributed by atoms with Gasteiger partial charge in [-0.1, -0.05) is 0 Å². The smallest absolute Gasteiger partial charge is 0.377 e. The summed E-state index contributed by atoms with van der Waals surface area (Å²) in [5.41, 5.74) is 0. The van der Waals surface area contributed by atoms with Gasteiger partial charge < -0.3 is 23.7 Å². The van der Waals surface area contributed by atoms with Crippen molar-refractivity contribution in [1.29, 1.82) is 0 Å². The van der Waals surface area contributed by atoms with E-state index < -0.39 is 5.97 Å². The van der Waals surface area contributed by atoms with Gasteiger partial charge in [-0.15, -0.1) is 24.8 Å². The van der Waals surface area contributed by atoms with Gasteiger partial charge in [0.05, 0.1) is 26.4 Å². The van der Waals surface area contributed by atoms with E-state index in [1.165, 1.54) is 6.26 Å². The zero-order chi connectivity index (χ0) is 16.6. The highest BCUT2D eigenvalue weighted by molar-refractivity contribution is 5.86. The highest BCUT2D eigenvalue weighted by Crippen LogP contribution is 2.11. The normalized spacial score (nSPS) is 21.5. The van der Waals surface area contributed by atoms with Crippen LogP contribution in [0.1, 0.15) is 0 Å². The molecule has 0 bridgehead atoms. The SMILES string of the molecule is Cl.Cl.O=C(OC(CN1CCOCC1)CN1CCOCC1)C1=COCCO1. The monoisotopic (exact) mass is 414 g/mol. The molecule has 0 aromatic rings. The standard InChI is InChI=1S/C16H26N2O6.2ClH/c19-16(15-13-22-9-10-23-15)24-14(11-17-1-5-20-6-2-17)12-18-3-7-21-8-4-18;;/h13-14H,1-12H2;2*1H. The lowest BCUT2D eigenvalue weighted by Gasteiger charge is -2.34.